The maximum Gasteiger partial charge on any atom is 0.257 e. The van der Waals surface area contributed by atoms with Gasteiger partial charge in [0.1, 0.15) is 13.2 Å². The van der Waals surface area contributed by atoms with Gasteiger partial charge in [0.15, 0.2) is 11.5 Å². The molecule has 1 aliphatic heterocycles. The molecule has 0 saturated heterocycles. The first-order valence-electron chi connectivity index (χ1n) is 9.61. The molecule has 1 aromatic heterocycles. The summed E-state index contributed by atoms with van der Waals surface area (Å²) in [5, 5.41) is 6.17. The highest BCUT2D eigenvalue weighted by Crippen LogP contribution is 2.33. The second kappa shape index (κ2) is 8.22. The van der Waals surface area contributed by atoms with Crippen molar-refractivity contribution in [2.24, 2.45) is 0 Å². The Bertz CT molecular complexity index is 1020. The number of pyridine rings is 1. The molecule has 4 rings (SSSR count). The molecular weight excluding hydrogens is 366 g/mol. The predicted octanol–water partition coefficient (Wildman–Crippen LogP) is 4.97. The normalized spacial score (nSPS) is 12.5. The van der Waals surface area contributed by atoms with Gasteiger partial charge < -0.3 is 20.1 Å². The molecule has 148 valence electrons. The lowest BCUT2D eigenvalue weighted by Crippen LogP contribution is -2.15. The van der Waals surface area contributed by atoms with E-state index in [0.29, 0.717) is 36.1 Å². The molecule has 0 fully saturated rings. The number of nitrogens with zero attached hydrogens (tertiary/aromatic N) is 1. The summed E-state index contributed by atoms with van der Waals surface area (Å²) in [5.74, 6) is 1.68. The number of nitrogens with one attached hydrogen (secondary N) is 2. The van der Waals surface area contributed by atoms with Gasteiger partial charge in [-0.2, -0.15) is 0 Å². The van der Waals surface area contributed by atoms with E-state index in [0.717, 1.165) is 17.1 Å². The Morgan fingerprint density at radius 1 is 0.897 bits per heavy atom. The molecule has 1 amide bonds. The van der Waals surface area contributed by atoms with Crippen molar-refractivity contribution in [3.05, 3.63) is 72.1 Å². The standard InChI is InChI=1S/C23H23N3O3/c1-15(2)16-3-5-18(6-4-16)26-23(27)17-11-20(14-24-13-17)25-19-7-8-21-22(12-19)29-10-9-28-21/h3-8,11-15,25H,9-10H2,1-2H3,(H,26,27). The molecule has 0 spiro atoms. The molecule has 0 radical (unpaired) electrons. The molecule has 6 nitrogen and oxygen atoms in total. The van der Waals surface area contributed by atoms with E-state index in [1.165, 1.54) is 5.56 Å². The summed E-state index contributed by atoms with van der Waals surface area (Å²) < 4.78 is 11.1. The van der Waals surface area contributed by atoms with Crippen molar-refractivity contribution in [2.75, 3.05) is 23.8 Å². The molecule has 0 aliphatic carbocycles. The summed E-state index contributed by atoms with van der Waals surface area (Å²) in [6.45, 7) is 5.37. The van der Waals surface area contributed by atoms with Crippen LogP contribution in [0.5, 0.6) is 11.5 Å². The fourth-order valence-corrected chi connectivity index (χ4v) is 3.07. The van der Waals surface area contributed by atoms with Gasteiger partial charge in [-0.25, -0.2) is 0 Å². The molecule has 2 heterocycles. The van der Waals surface area contributed by atoms with Gasteiger partial charge in [0.05, 0.1) is 17.4 Å². The average Bonchev–Trinajstić information content (AvgIpc) is 2.74. The Morgan fingerprint density at radius 2 is 1.62 bits per heavy atom. The van der Waals surface area contributed by atoms with Crippen LogP contribution in [0.2, 0.25) is 0 Å². The number of rotatable bonds is 5. The molecule has 2 N–H and O–H groups in total. The highest BCUT2D eigenvalue weighted by molar-refractivity contribution is 6.04. The van der Waals surface area contributed by atoms with Crippen LogP contribution >= 0.6 is 0 Å². The number of anilines is 3. The summed E-state index contributed by atoms with van der Waals surface area (Å²) in [4.78, 5) is 16.8. The summed E-state index contributed by atoms with van der Waals surface area (Å²) in [7, 11) is 0. The maximum atomic E-state index is 12.6. The Morgan fingerprint density at radius 3 is 2.38 bits per heavy atom. The quantitative estimate of drug-likeness (QED) is 0.644. The Labute approximate surface area is 169 Å². The van der Waals surface area contributed by atoms with Gasteiger partial charge in [0.25, 0.3) is 5.91 Å². The first-order chi connectivity index (χ1) is 14.1. The van der Waals surface area contributed by atoms with Gasteiger partial charge in [-0.1, -0.05) is 26.0 Å². The minimum Gasteiger partial charge on any atom is -0.486 e. The summed E-state index contributed by atoms with van der Waals surface area (Å²) in [6, 6.07) is 15.3. The van der Waals surface area contributed by atoms with E-state index in [1.54, 1.807) is 18.5 Å². The number of amides is 1. The van der Waals surface area contributed by atoms with Crippen molar-refractivity contribution >= 4 is 23.0 Å². The zero-order valence-corrected chi connectivity index (χ0v) is 16.4. The molecule has 0 saturated carbocycles. The Kier molecular flexibility index (Phi) is 5.33. The van der Waals surface area contributed by atoms with Gasteiger partial charge in [-0.05, 0) is 41.8 Å². The monoisotopic (exact) mass is 389 g/mol. The number of aromatic nitrogens is 1. The fraction of sp³-hybridized carbons (Fsp3) is 0.217. The molecule has 0 atom stereocenters. The van der Waals surface area contributed by atoms with Crippen molar-refractivity contribution in [3.63, 3.8) is 0 Å². The smallest absolute Gasteiger partial charge is 0.257 e. The molecule has 29 heavy (non-hydrogen) atoms. The highest BCUT2D eigenvalue weighted by Gasteiger charge is 2.13. The lowest BCUT2D eigenvalue weighted by atomic mass is 10.0. The number of carbonyl (C=O) groups is 1. The summed E-state index contributed by atoms with van der Waals surface area (Å²) in [5.41, 5.74) is 4.00. The second-order valence-electron chi connectivity index (χ2n) is 7.18. The number of fused-ring (bicyclic) bond motifs is 1. The SMILES string of the molecule is CC(C)c1ccc(NC(=O)c2cncc(Nc3ccc4c(c3)OCCO4)c2)cc1. The Hall–Kier alpha value is -3.54. The molecule has 1 aliphatic rings. The third kappa shape index (κ3) is 4.48. The van der Waals surface area contributed by atoms with Crippen LogP contribution in [0.1, 0.15) is 35.7 Å². The molecule has 0 unspecified atom stereocenters. The van der Waals surface area contributed by atoms with Crippen LogP contribution in [0, 0.1) is 0 Å². The largest absolute Gasteiger partial charge is 0.486 e. The van der Waals surface area contributed by atoms with Crippen LogP contribution in [0.25, 0.3) is 0 Å². The molecule has 3 aromatic rings. The van der Waals surface area contributed by atoms with Crippen LogP contribution < -0.4 is 20.1 Å². The van der Waals surface area contributed by atoms with Gasteiger partial charge in [0.2, 0.25) is 0 Å². The molecule has 0 bridgehead atoms. The number of hydrogen-bond donors (Lipinski definition) is 2. The van der Waals surface area contributed by atoms with Gasteiger partial charge >= 0.3 is 0 Å². The van der Waals surface area contributed by atoms with Crippen molar-refractivity contribution < 1.29 is 14.3 Å². The zero-order chi connectivity index (χ0) is 20.2. The van der Waals surface area contributed by atoms with Crippen LogP contribution in [-0.2, 0) is 0 Å². The maximum absolute atomic E-state index is 12.6. The number of carbonyl (C=O) groups excluding carboxylic acids is 1. The van der Waals surface area contributed by atoms with E-state index in [-0.39, 0.29) is 5.91 Å². The van der Waals surface area contributed by atoms with Crippen LogP contribution in [0.4, 0.5) is 17.1 Å². The van der Waals surface area contributed by atoms with E-state index in [9.17, 15) is 4.79 Å². The van der Waals surface area contributed by atoms with Crippen molar-refractivity contribution in [1.82, 2.24) is 4.98 Å². The number of ether oxygens (including phenoxy) is 2. The van der Waals surface area contributed by atoms with Gasteiger partial charge in [-0.15, -0.1) is 0 Å². The second-order valence-corrected chi connectivity index (χ2v) is 7.18. The Balaban J connectivity index is 1.46. The highest BCUT2D eigenvalue weighted by atomic mass is 16.6. The first kappa shape index (κ1) is 18.8. The average molecular weight is 389 g/mol. The number of hydrogen-bond acceptors (Lipinski definition) is 5. The van der Waals surface area contributed by atoms with E-state index in [2.05, 4.69) is 29.5 Å². The lowest BCUT2D eigenvalue weighted by Gasteiger charge is -2.19. The van der Waals surface area contributed by atoms with Gasteiger partial charge in [-0.3, -0.25) is 9.78 Å². The van der Waals surface area contributed by atoms with E-state index in [1.807, 2.05) is 42.5 Å². The van der Waals surface area contributed by atoms with Crippen LogP contribution in [0.3, 0.4) is 0 Å². The van der Waals surface area contributed by atoms with Crippen LogP contribution in [-0.4, -0.2) is 24.1 Å². The summed E-state index contributed by atoms with van der Waals surface area (Å²) >= 11 is 0. The van der Waals surface area contributed by atoms with Crippen molar-refractivity contribution in [2.45, 2.75) is 19.8 Å². The lowest BCUT2D eigenvalue weighted by molar-refractivity contribution is 0.102. The molecule has 2 aromatic carbocycles. The minimum atomic E-state index is -0.208. The van der Waals surface area contributed by atoms with Crippen LogP contribution in [0.15, 0.2) is 60.9 Å². The minimum absolute atomic E-state index is 0.208. The fourth-order valence-electron chi connectivity index (χ4n) is 3.07. The molecule has 6 heteroatoms. The first-order valence-corrected chi connectivity index (χ1v) is 9.61. The topological polar surface area (TPSA) is 72.5 Å². The predicted molar refractivity (Wildman–Crippen MR) is 113 cm³/mol. The van der Waals surface area contributed by atoms with E-state index in [4.69, 9.17) is 9.47 Å². The summed E-state index contributed by atoms with van der Waals surface area (Å²) in [6.07, 6.45) is 3.22. The molecular formula is C23H23N3O3. The van der Waals surface area contributed by atoms with E-state index >= 15 is 0 Å². The zero-order valence-electron chi connectivity index (χ0n) is 16.4. The third-order valence-corrected chi connectivity index (χ3v) is 4.67. The van der Waals surface area contributed by atoms with Gasteiger partial charge in [0, 0.05) is 23.6 Å². The third-order valence-electron chi connectivity index (χ3n) is 4.67. The van der Waals surface area contributed by atoms with Crippen molar-refractivity contribution in [3.8, 4) is 11.5 Å². The number of benzene rings is 2. The van der Waals surface area contributed by atoms with E-state index < -0.39 is 0 Å². The van der Waals surface area contributed by atoms with Crippen molar-refractivity contribution in [1.29, 1.82) is 0 Å².